The number of carbonyl (C=O) groups excluding carboxylic acids is 2. The van der Waals surface area contributed by atoms with Crippen molar-refractivity contribution in [3.63, 3.8) is 0 Å². The number of hydrogen-bond donors (Lipinski definition) is 2. The zero-order valence-corrected chi connectivity index (χ0v) is 15.0. The molecule has 0 fully saturated rings. The van der Waals surface area contributed by atoms with Crippen molar-refractivity contribution in [2.75, 3.05) is 11.6 Å². The number of carbonyl (C=O) groups is 2. The normalized spacial score (nSPS) is 12.0. The van der Waals surface area contributed by atoms with Gasteiger partial charge in [-0.2, -0.15) is 0 Å². The molecular formula is C17H20N2O2S2. The van der Waals surface area contributed by atoms with E-state index in [1.807, 2.05) is 55.8 Å². The molecule has 0 saturated heterocycles. The van der Waals surface area contributed by atoms with Crippen LogP contribution in [0.4, 0.5) is 5.69 Å². The van der Waals surface area contributed by atoms with Crippen LogP contribution in [0.3, 0.4) is 0 Å². The zero-order chi connectivity index (χ0) is 16.8. The SMILES string of the molecule is CSc1ccc(NC(=O)C(NC(=O)c2cccs2)C(C)C)cc1. The van der Waals surface area contributed by atoms with Crippen LogP contribution in [0, 0.1) is 5.92 Å². The number of amides is 2. The van der Waals surface area contributed by atoms with Crippen LogP contribution in [-0.2, 0) is 4.79 Å². The Labute approximate surface area is 144 Å². The smallest absolute Gasteiger partial charge is 0.262 e. The van der Waals surface area contributed by atoms with Crippen molar-refractivity contribution in [2.24, 2.45) is 5.92 Å². The minimum Gasteiger partial charge on any atom is -0.339 e. The molecule has 0 spiro atoms. The van der Waals surface area contributed by atoms with Gasteiger partial charge in [-0.3, -0.25) is 9.59 Å². The Morgan fingerprint density at radius 2 is 1.83 bits per heavy atom. The van der Waals surface area contributed by atoms with Gasteiger partial charge in [-0.25, -0.2) is 0 Å². The summed E-state index contributed by atoms with van der Waals surface area (Å²) >= 11 is 3.00. The van der Waals surface area contributed by atoms with E-state index >= 15 is 0 Å². The van der Waals surface area contributed by atoms with Crippen LogP contribution in [-0.4, -0.2) is 24.1 Å². The molecular weight excluding hydrogens is 328 g/mol. The van der Waals surface area contributed by atoms with Crippen molar-refractivity contribution >= 4 is 40.6 Å². The predicted octanol–water partition coefficient (Wildman–Crippen LogP) is 3.86. The van der Waals surface area contributed by atoms with Crippen LogP contribution in [0.15, 0.2) is 46.7 Å². The first-order valence-electron chi connectivity index (χ1n) is 7.30. The first-order chi connectivity index (χ1) is 11.0. The van der Waals surface area contributed by atoms with E-state index in [9.17, 15) is 9.59 Å². The van der Waals surface area contributed by atoms with Crippen LogP contribution in [0.1, 0.15) is 23.5 Å². The molecule has 122 valence electrons. The Kier molecular flexibility index (Phi) is 6.24. The van der Waals surface area contributed by atoms with Crippen LogP contribution in [0.2, 0.25) is 0 Å². The highest BCUT2D eigenvalue weighted by molar-refractivity contribution is 7.98. The molecule has 0 aliphatic heterocycles. The minimum atomic E-state index is -0.579. The van der Waals surface area contributed by atoms with Gasteiger partial charge in [0.2, 0.25) is 5.91 Å². The zero-order valence-electron chi connectivity index (χ0n) is 13.3. The number of thiophene rings is 1. The summed E-state index contributed by atoms with van der Waals surface area (Å²) in [6, 6.07) is 10.6. The molecule has 1 aromatic heterocycles. The summed E-state index contributed by atoms with van der Waals surface area (Å²) in [6.07, 6.45) is 2.00. The van der Waals surface area contributed by atoms with E-state index in [1.54, 1.807) is 17.8 Å². The first kappa shape index (κ1) is 17.6. The molecule has 2 N–H and O–H groups in total. The molecule has 0 saturated carbocycles. The average Bonchev–Trinajstić information content (AvgIpc) is 3.07. The molecule has 2 rings (SSSR count). The number of anilines is 1. The third kappa shape index (κ3) is 4.84. The van der Waals surface area contributed by atoms with Crippen molar-refractivity contribution in [3.05, 3.63) is 46.7 Å². The van der Waals surface area contributed by atoms with Gasteiger partial charge >= 0.3 is 0 Å². The van der Waals surface area contributed by atoms with E-state index in [0.717, 1.165) is 10.6 Å². The van der Waals surface area contributed by atoms with Crippen LogP contribution in [0.5, 0.6) is 0 Å². The first-order valence-corrected chi connectivity index (χ1v) is 9.41. The predicted molar refractivity (Wildman–Crippen MR) is 97.3 cm³/mol. The second kappa shape index (κ2) is 8.17. The van der Waals surface area contributed by atoms with Gasteiger partial charge in [0.15, 0.2) is 0 Å². The molecule has 2 aromatic rings. The van der Waals surface area contributed by atoms with Gasteiger partial charge < -0.3 is 10.6 Å². The van der Waals surface area contributed by atoms with Gasteiger partial charge in [0.1, 0.15) is 6.04 Å². The van der Waals surface area contributed by atoms with E-state index in [1.165, 1.54) is 11.3 Å². The molecule has 0 aliphatic carbocycles. The summed E-state index contributed by atoms with van der Waals surface area (Å²) in [5.41, 5.74) is 0.726. The lowest BCUT2D eigenvalue weighted by Gasteiger charge is -2.21. The fourth-order valence-electron chi connectivity index (χ4n) is 2.05. The molecule has 0 aliphatic rings. The highest BCUT2D eigenvalue weighted by Gasteiger charge is 2.25. The minimum absolute atomic E-state index is 0.00983. The highest BCUT2D eigenvalue weighted by Crippen LogP contribution is 2.18. The van der Waals surface area contributed by atoms with Crippen molar-refractivity contribution in [1.29, 1.82) is 0 Å². The summed E-state index contributed by atoms with van der Waals surface area (Å²) < 4.78 is 0. The quantitative estimate of drug-likeness (QED) is 0.779. The maximum Gasteiger partial charge on any atom is 0.262 e. The fraction of sp³-hybridized carbons (Fsp3) is 0.294. The molecule has 0 bridgehead atoms. The maximum atomic E-state index is 12.5. The fourth-order valence-corrected chi connectivity index (χ4v) is 3.08. The Morgan fingerprint density at radius 3 is 2.35 bits per heavy atom. The molecule has 6 heteroatoms. The Bertz CT molecular complexity index is 652. The number of hydrogen-bond acceptors (Lipinski definition) is 4. The van der Waals surface area contributed by atoms with E-state index in [2.05, 4.69) is 10.6 Å². The van der Waals surface area contributed by atoms with Crippen molar-refractivity contribution in [3.8, 4) is 0 Å². The van der Waals surface area contributed by atoms with Gasteiger partial charge in [0, 0.05) is 10.6 Å². The summed E-state index contributed by atoms with van der Waals surface area (Å²) in [4.78, 5) is 26.4. The van der Waals surface area contributed by atoms with Crippen molar-refractivity contribution in [1.82, 2.24) is 5.32 Å². The van der Waals surface area contributed by atoms with Gasteiger partial charge in [-0.1, -0.05) is 19.9 Å². The molecule has 1 unspecified atom stereocenters. The molecule has 0 radical (unpaired) electrons. The lowest BCUT2D eigenvalue weighted by atomic mass is 10.0. The van der Waals surface area contributed by atoms with E-state index in [0.29, 0.717) is 4.88 Å². The van der Waals surface area contributed by atoms with E-state index < -0.39 is 6.04 Å². The number of benzene rings is 1. The standard InChI is InChI=1S/C17H20N2O2S2/c1-11(2)15(19-16(20)14-5-4-10-23-14)17(21)18-12-6-8-13(22-3)9-7-12/h4-11,15H,1-3H3,(H,18,21)(H,19,20). The monoisotopic (exact) mass is 348 g/mol. The molecule has 1 heterocycles. The molecule has 1 aromatic carbocycles. The van der Waals surface area contributed by atoms with E-state index in [4.69, 9.17) is 0 Å². The maximum absolute atomic E-state index is 12.5. The Hall–Kier alpha value is -1.79. The molecule has 23 heavy (non-hydrogen) atoms. The topological polar surface area (TPSA) is 58.2 Å². The number of rotatable bonds is 6. The largest absolute Gasteiger partial charge is 0.339 e. The van der Waals surface area contributed by atoms with Crippen LogP contribution < -0.4 is 10.6 Å². The third-order valence-electron chi connectivity index (χ3n) is 3.34. The van der Waals surface area contributed by atoms with Crippen LogP contribution >= 0.6 is 23.1 Å². The van der Waals surface area contributed by atoms with Crippen LogP contribution in [0.25, 0.3) is 0 Å². The summed E-state index contributed by atoms with van der Waals surface area (Å²) in [6.45, 7) is 3.82. The lowest BCUT2D eigenvalue weighted by Crippen LogP contribution is -2.46. The average molecular weight is 348 g/mol. The summed E-state index contributed by atoms with van der Waals surface area (Å²) in [7, 11) is 0. The van der Waals surface area contributed by atoms with Gasteiger partial charge in [0.05, 0.1) is 4.88 Å². The lowest BCUT2D eigenvalue weighted by molar-refractivity contribution is -0.118. The molecule has 2 amide bonds. The van der Waals surface area contributed by atoms with Crippen molar-refractivity contribution < 1.29 is 9.59 Å². The van der Waals surface area contributed by atoms with E-state index in [-0.39, 0.29) is 17.7 Å². The van der Waals surface area contributed by atoms with Gasteiger partial charge in [0.25, 0.3) is 5.91 Å². The molecule has 1 atom stereocenters. The Balaban J connectivity index is 2.04. The number of thioether (sulfide) groups is 1. The number of nitrogens with one attached hydrogen (secondary N) is 2. The summed E-state index contributed by atoms with van der Waals surface area (Å²) in [5.74, 6) is -0.433. The molecule has 4 nitrogen and oxygen atoms in total. The summed E-state index contributed by atoms with van der Waals surface area (Å²) in [5, 5.41) is 7.52. The highest BCUT2D eigenvalue weighted by atomic mass is 32.2. The second-order valence-corrected chi connectivity index (χ2v) is 7.22. The second-order valence-electron chi connectivity index (χ2n) is 5.39. The van der Waals surface area contributed by atoms with Gasteiger partial charge in [-0.05, 0) is 47.9 Å². The van der Waals surface area contributed by atoms with Crippen molar-refractivity contribution in [2.45, 2.75) is 24.8 Å². The van der Waals surface area contributed by atoms with Gasteiger partial charge in [-0.15, -0.1) is 23.1 Å². The third-order valence-corrected chi connectivity index (χ3v) is 4.95. The Morgan fingerprint density at radius 1 is 1.13 bits per heavy atom.